The molecule has 0 bridgehead atoms. The molecule has 1 heterocycles. The van der Waals surface area contributed by atoms with Gasteiger partial charge in [0.1, 0.15) is 5.75 Å². The second-order valence-corrected chi connectivity index (χ2v) is 7.70. The number of nitrogen functional groups attached to an aromatic ring is 1. The number of halogens is 1. The van der Waals surface area contributed by atoms with Gasteiger partial charge in [0.05, 0.1) is 6.61 Å². The first-order chi connectivity index (χ1) is 13.2. The van der Waals surface area contributed by atoms with Crippen molar-refractivity contribution in [1.29, 1.82) is 0 Å². The Bertz CT molecular complexity index is 818. The van der Waals surface area contributed by atoms with Crippen LogP contribution in [0.25, 0.3) is 0 Å². The van der Waals surface area contributed by atoms with E-state index < -0.39 is 0 Å². The van der Waals surface area contributed by atoms with E-state index in [-0.39, 0.29) is 18.3 Å². The molecule has 1 fully saturated rings. The lowest BCUT2D eigenvalue weighted by Crippen LogP contribution is -2.38. The number of carbonyl (C=O) groups excluding carboxylic acids is 1. The molecular weight excluding hydrogens is 372 g/mol. The molecule has 0 saturated heterocycles. The fourth-order valence-corrected chi connectivity index (χ4v) is 4.32. The minimum atomic E-state index is 0. The van der Waals surface area contributed by atoms with Gasteiger partial charge in [-0.05, 0) is 48.1 Å². The molecule has 0 unspecified atom stereocenters. The lowest BCUT2D eigenvalue weighted by atomic mass is 10.0. The van der Waals surface area contributed by atoms with Crippen molar-refractivity contribution in [2.45, 2.75) is 57.5 Å². The normalized spacial score (nSPS) is 15.6. The van der Waals surface area contributed by atoms with E-state index in [4.69, 9.17) is 10.5 Å². The van der Waals surface area contributed by atoms with Gasteiger partial charge >= 0.3 is 0 Å². The highest BCUT2D eigenvalue weighted by Gasteiger charge is 2.27. The topological polar surface area (TPSA) is 55.6 Å². The molecule has 1 amide bonds. The Morgan fingerprint density at radius 2 is 1.93 bits per heavy atom. The standard InChI is InChI=1S/C23H28N2O2.ClH/c24-21-8-4-1-5-18(21)10-12-23(26)25(20-6-2-3-7-20)16-17-9-11-22-19(15-17)13-14-27-22;/h1,4-5,8-9,11,15,20H,2-3,6-7,10,12-14,16,24H2;1H. The average molecular weight is 401 g/mol. The van der Waals surface area contributed by atoms with Crippen molar-refractivity contribution >= 4 is 24.0 Å². The largest absolute Gasteiger partial charge is 0.493 e. The molecular formula is C23H29ClN2O2. The van der Waals surface area contributed by atoms with Crippen LogP contribution in [0.2, 0.25) is 0 Å². The smallest absolute Gasteiger partial charge is 0.223 e. The molecule has 2 aliphatic rings. The van der Waals surface area contributed by atoms with E-state index in [9.17, 15) is 4.79 Å². The molecule has 0 radical (unpaired) electrons. The molecule has 5 heteroatoms. The van der Waals surface area contributed by atoms with Crippen molar-refractivity contribution in [3.63, 3.8) is 0 Å². The van der Waals surface area contributed by atoms with E-state index in [0.717, 1.165) is 42.9 Å². The van der Waals surface area contributed by atoms with Crippen LogP contribution in [0.15, 0.2) is 42.5 Å². The highest BCUT2D eigenvalue weighted by molar-refractivity contribution is 5.85. The zero-order chi connectivity index (χ0) is 18.6. The van der Waals surface area contributed by atoms with Gasteiger partial charge in [0.2, 0.25) is 5.91 Å². The van der Waals surface area contributed by atoms with E-state index in [1.807, 2.05) is 24.3 Å². The molecule has 0 spiro atoms. The van der Waals surface area contributed by atoms with Crippen LogP contribution in [-0.4, -0.2) is 23.5 Å². The summed E-state index contributed by atoms with van der Waals surface area (Å²) in [6.45, 7) is 1.46. The Hall–Kier alpha value is -2.20. The van der Waals surface area contributed by atoms with E-state index in [1.54, 1.807) is 0 Å². The summed E-state index contributed by atoms with van der Waals surface area (Å²) in [6, 6.07) is 14.6. The Kier molecular flexibility index (Phi) is 6.84. The number of nitrogens with two attached hydrogens (primary N) is 1. The van der Waals surface area contributed by atoms with Crippen molar-refractivity contribution in [3.8, 4) is 5.75 Å². The summed E-state index contributed by atoms with van der Waals surface area (Å²) in [7, 11) is 0. The van der Waals surface area contributed by atoms with E-state index in [0.29, 0.717) is 25.4 Å². The minimum absolute atomic E-state index is 0. The average Bonchev–Trinajstić information content (AvgIpc) is 3.36. The quantitative estimate of drug-likeness (QED) is 0.725. The first kappa shape index (κ1) is 20.5. The minimum Gasteiger partial charge on any atom is -0.493 e. The fourth-order valence-electron chi connectivity index (χ4n) is 4.32. The molecule has 1 saturated carbocycles. The van der Waals surface area contributed by atoms with Crippen LogP contribution in [-0.2, 0) is 24.2 Å². The number of nitrogens with zero attached hydrogens (tertiary/aromatic N) is 1. The predicted molar refractivity (Wildman–Crippen MR) is 115 cm³/mol. The summed E-state index contributed by atoms with van der Waals surface area (Å²) in [5.41, 5.74) is 10.4. The van der Waals surface area contributed by atoms with Gasteiger partial charge in [0.15, 0.2) is 0 Å². The molecule has 1 aliphatic carbocycles. The molecule has 0 aromatic heterocycles. The number of anilines is 1. The van der Waals surface area contributed by atoms with Crippen LogP contribution in [0.3, 0.4) is 0 Å². The first-order valence-corrected chi connectivity index (χ1v) is 10.1. The van der Waals surface area contributed by atoms with Gasteiger partial charge in [-0.1, -0.05) is 43.2 Å². The highest BCUT2D eigenvalue weighted by atomic mass is 35.5. The van der Waals surface area contributed by atoms with Crippen molar-refractivity contribution in [3.05, 3.63) is 59.2 Å². The zero-order valence-electron chi connectivity index (χ0n) is 16.2. The first-order valence-electron chi connectivity index (χ1n) is 10.1. The number of hydrogen-bond donors (Lipinski definition) is 1. The second kappa shape index (κ2) is 9.33. The van der Waals surface area contributed by atoms with Crippen LogP contribution in [0, 0.1) is 0 Å². The van der Waals surface area contributed by atoms with Gasteiger partial charge in [-0.3, -0.25) is 4.79 Å². The van der Waals surface area contributed by atoms with E-state index in [2.05, 4.69) is 23.1 Å². The Morgan fingerprint density at radius 1 is 1.14 bits per heavy atom. The van der Waals surface area contributed by atoms with Crippen LogP contribution < -0.4 is 10.5 Å². The van der Waals surface area contributed by atoms with Crippen LogP contribution in [0.5, 0.6) is 5.75 Å². The highest BCUT2D eigenvalue weighted by Crippen LogP contribution is 2.29. The van der Waals surface area contributed by atoms with Crippen LogP contribution >= 0.6 is 12.4 Å². The molecule has 4 rings (SSSR count). The number of hydrogen-bond acceptors (Lipinski definition) is 3. The summed E-state index contributed by atoms with van der Waals surface area (Å²) in [5.74, 6) is 1.24. The molecule has 4 nitrogen and oxygen atoms in total. The number of para-hydroxylation sites is 1. The maximum atomic E-state index is 13.1. The van der Waals surface area contributed by atoms with Crippen LogP contribution in [0.4, 0.5) is 5.69 Å². The predicted octanol–water partition coefficient (Wildman–Crippen LogP) is 4.53. The maximum absolute atomic E-state index is 13.1. The summed E-state index contributed by atoms with van der Waals surface area (Å²) >= 11 is 0. The molecule has 2 aromatic carbocycles. The molecule has 28 heavy (non-hydrogen) atoms. The Labute approximate surface area is 173 Å². The number of carbonyl (C=O) groups is 1. The van der Waals surface area contributed by atoms with Gasteiger partial charge in [0, 0.05) is 31.1 Å². The Balaban J connectivity index is 0.00000225. The molecule has 0 atom stereocenters. The third-order valence-electron chi connectivity index (χ3n) is 5.86. The lowest BCUT2D eigenvalue weighted by molar-refractivity contribution is -0.134. The maximum Gasteiger partial charge on any atom is 0.223 e. The van der Waals surface area contributed by atoms with Crippen molar-refractivity contribution in [2.75, 3.05) is 12.3 Å². The van der Waals surface area contributed by atoms with Gasteiger partial charge in [-0.25, -0.2) is 0 Å². The monoisotopic (exact) mass is 400 g/mol. The van der Waals surface area contributed by atoms with Gasteiger partial charge < -0.3 is 15.4 Å². The number of rotatable bonds is 6. The number of aryl methyl sites for hydroxylation is 1. The molecule has 2 aromatic rings. The fraction of sp³-hybridized carbons (Fsp3) is 0.435. The van der Waals surface area contributed by atoms with Crippen molar-refractivity contribution in [1.82, 2.24) is 4.90 Å². The summed E-state index contributed by atoms with van der Waals surface area (Å²) < 4.78 is 5.61. The number of benzene rings is 2. The van der Waals surface area contributed by atoms with Gasteiger partial charge in [0.25, 0.3) is 0 Å². The van der Waals surface area contributed by atoms with E-state index in [1.165, 1.54) is 24.0 Å². The summed E-state index contributed by atoms with van der Waals surface area (Å²) in [6.07, 6.45) is 6.86. The SMILES string of the molecule is Cl.Nc1ccccc1CCC(=O)N(Cc1ccc2c(c1)CCO2)C1CCCC1. The van der Waals surface area contributed by atoms with Crippen molar-refractivity contribution < 1.29 is 9.53 Å². The molecule has 1 aliphatic heterocycles. The summed E-state index contributed by atoms with van der Waals surface area (Å²) in [5, 5.41) is 0. The molecule has 2 N–H and O–H groups in total. The number of fused-ring (bicyclic) bond motifs is 1. The lowest BCUT2D eigenvalue weighted by Gasteiger charge is -2.29. The van der Waals surface area contributed by atoms with Crippen molar-refractivity contribution in [2.24, 2.45) is 0 Å². The Morgan fingerprint density at radius 3 is 2.71 bits per heavy atom. The third-order valence-corrected chi connectivity index (χ3v) is 5.86. The number of ether oxygens (including phenoxy) is 1. The van der Waals surface area contributed by atoms with E-state index >= 15 is 0 Å². The second-order valence-electron chi connectivity index (χ2n) is 7.70. The zero-order valence-corrected chi connectivity index (χ0v) is 17.0. The number of amides is 1. The van der Waals surface area contributed by atoms with Gasteiger partial charge in [-0.15, -0.1) is 12.4 Å². The van der Waals surface area contributed by atoms with Crippen LogP contribution in [0.1, 0.15) is 48.8 Å². The third kappa shape index (κ3) is 4.61. The van der Waals surface area contributed by atoms with Gasteiger partial charge in [-0.2, -0.15) is 0 Å². The molecule has 150 valence electrons. The summed E-state index contributed by atoms with van der Waals surface area (Å²) in [4.78, 5) is 15.2.